The standard InChI is InChI=1S/C58H40N6O2/c1-35-61-52-48(63(38-16-8-6-9-17-38)40-28-24-36(34-59)25-29-40)32-46-50(54(52)65-35)51-47(58(46)44-22-14-12-20-42(44)43-21-13-15-23-45(43)58)33-49(53-55(51)66-56(62-53)57(2,3)4)64(39-18-10-7-11-19-39)41-30-26-37(60-5)27-31-41/h6-33H,1-4H3. The van der Waals surface area contributed by atoms with Crippen molar-refractivity contribution in [2.45, 2.75) is 38.5 Å². The third kappa shape index (κ3) is 5.55. The van der Waals surface area contributed by atoms with Crippen molar-refractivity contribution in [2.75, 3.05) is 9.80 Å². The number of benzene rings is 8. The molecular weight excluding hydrogens is 813 g/mol. The average molecular weight is 853 g/mol. The van der Waals surface area contributed by atoms with Crippen LogP contribution in [0.3, 0.4) is 0 Å². The molecule has 8 nitrogen and oxygen atoms in total. The minimum absolute atomic E-state index is 0.441. The van der Waals surface area contributed by atoms with Gasteiger partial charge in [0.2, 0.25) is 5.89 Å². The maximum atomic E-state index is 9.83. The Morgan fingerprint density at radius 3 is 1.52 bits per heavy atom. The van der Waals surface area contributed by atoms with Gasteiger partial charge in [-0.15, -0.1) is 0 Å². The largest absolute Gasteiger partial charge is 0.440 e. The minimum atomic E-state index is -0.873. The van der Waals surface area contributed by atoms with Gasteiger partial charge in [0, 0.05) is 46.2 Å². The second kappa shape index (κ2) is 14.4. The van der Waals surface area contributed by atoms with Gasteiger partial charge in [-0.25, -0.2) is 14.8 Å². The lowest BCUT2D eigenvalue weighted by atomic mass is 9.70. The molecule has 0 unspecified atom stereocenters. The molecular formula is C58H40N6O2. The van der Waals surface area contributed by atoms with Crippen LogP contribution in [-0.2, 0) is 10.8 Å². The van der Waals surface area contributed by atoms with Gasteiger partial charge >= 0.3 is 0 Å². The molecule has 2 aliphatic carbocycles. The van der Waals surface area contributed by atoms with E-state index in [-0.39, 0.29) is 0 Å². The number of fused-ring (bicyclic) bond motifs is 14. The van der Waals surface area contributed by atoms with E-state index in [1.165, 1.54) is 0 Å². The summed E-state index contributed by atoms with van der Waals surface area (Å²) in [5, 5.41) is 9.83. The predicted molar refractivity (Wildman–Crippen MR) is 262 cm³/mol. The molecule has 1 spiro atoms. The number of hydrogen-bond acceptors (Lipinski definition) is 7. The summed E-state index contributed by atoms with van der Waals surface area (Å²) in [6.45, 7) is 16.0. The molecule has 2 aromatic heterocycles. The Labute approximate surface area is 382 Å². The van der Waals surface area contributed by atoms with Crippen LogP contribution in [0.25, 0.3) is 49.3 Å². The molecule has 0 bridgehead atoms. The molecule has 0 saturated carbocycles. The van der Waals surface area contributed by atoms with E-state index in [1.54, 1.807) is 0 Å². The van der Waals surface area contributed by atoms with Crippen LogP contribution in [0.2, 0.25) is 0 Å². The van der Waals surface area contributed by atoms with E-state index >= 15 is 0 Å². The normalized spacial score (nSPS) is 12.9. The Morgan fingerprint density at radius 2 is 1.02 bits per heavy atom. The first kappa shape index (κ1) is 38.9. The monoisotopic (exact) mass is 852 g/mol. The Bertz CT molecular complexity index is 3620. The van der Waals surface area contributed by atoms with Crippen LogP contribution in [-0.4, -0.2) is 9.97 Å². The summed E-state index contributed by atoms with van der Waals surface area (Å²) < 4.78 is 14.2. The summed E-state index contributed by atoms with van der Waals surface area (Å²) in [5.74, 6) is 1.14. The van der Waals surface area contributed by atoms with Crippen molar-refractivity contribution in [1.29, 1.82) is 5.26 Å². The van der Waals surface area contributed by atoms with E-state index in [9.17, 15) is 5.26 Å². The summed E-state index contributed by atoms with van der Waals surface area (Å²) in [6, 6.07) is 60.4. The lowest BCUT2D eigenvalue weighted by molar-refractivity contribution is 0.411. The zero-order valence-corrected chi connectivity index (χ0v) is 36.7. The number of nitriles is 1. The fraction of sp³-hybridized carbons (Fsp3) is 0.103. The first-order valence-corrected chi connectivity index (χ1v) is 22.0. The summed E-state index contributed by atoms with van der Waals surface area (Å²) in [4.78, 5) is 18.8. The molecule has 2 aliphatic rings. The Kier molecular flexibility index (Phi) is 8.49. The fourth-order valence-electron chi connectivity index (χ4n) is 10.3. The lowest BCUT2D eigenvalue weighted by Gasteiger charge is -2.33. The maximum Gasteiger partial charge on any atom is 0.200 e. The lowest BCUT2D eigenvalue weighted by Crippen LogP contribution is -2.26. The molecule has 0 atom stereocenters. The molecule has 0 amide bonds. The maximum absolute atomic E-state index is 9.83. The van der Waals surface area contributed by atoms with E-state index in [1.807, 2.05) is 91.9 Å². The summed E-state index contributed by atoms with van der Waals surface area (Å²) in [5.41, 5.74) is 16.3. The topological polar surface area (TPSA) is 86.7 Å². The highest BCUT2D eigenvalue weighted by atomic mass is 16.4. The van der Waals surface area contributed by atoms with Gasteiger partial charge in [-0.05, 0) is 106 Å². The van der Waals surface area contributed by atoms with Crippen LogP contribution in [0.1, 0.15) is 60.4 Å². The molecule has 66 heavy (non-hydrogen) atoms. The van der Waals surface area contributed by atoms with Gasteiger partial charge in [0.1, 0.15) is 11.0 Å². The second-order valence-electron chi connectivity index (χ2n) is 18.0. The van der Waals surface area contributed by atoms with Crippen LogP contribution in [0.15, 0.2) is 179 Å². The van der Waals surface area contributed by atoms with Gasteiger partial charge in [0.05, 0.1) is 35.0 Å². The zero-order chi connectivity index (χ0) is 44.9. The van der Waals surface area contributed by atoms with Gasteiger partial charge in [0.15, 0.2) is 22.7 Å². The van der Waals surface area contributed by atoms with Crippen molar-refractivity contribution in [1.82, 2.24) is 9.97 Å². The predicted octanol–water partition coefficient (Wildman–Crippen LogP) is 15.3. The third-order valence-electron chi connectivity index (χ3n) is 13.1. The van der Waals surface area contributed by atoms with Gasteiger partial charge in [0.25, 0.3) is 0 Å². The first-order valence-electron chi connectivity index (χ1n) is 22.0. The van der Waals surface area contributed by atoms with Crippen molar-refractivity contribution in [3.05, 3.63) is 221 Å². The number of para-hydroxylation sites is 2. The molecule has 8 aromatic carbocycles. The number of aromatic nitrogens is 2. The Morgan fingerprint density at radius 1 is 0.561 bits per heavy atom. The van der Waals surface area contributed by atoms with E-state index in [2.05, 4.69) is 126 Å². The quantitative estimate of drug-likeness (QED) is 0.154. The van der Waals surface area contributed by atoms with Crippen molar-refractivity contribution in [3.63, 3.8) is 0 Å². The van der Waals surface area contributed by atoms with Crippen LogP contribution in [0, 0.1) is 24.8 Å². The molecule has 12 rings (SSSR count). The molecule has 0 N–H and O–H groups in total. The third-order valence-corrected chi connectivity index (χ3v) is 13.1. The Hall–Kier alpha value is -8.72. The van der Waals surface area contributed by atoms with Gasteiger partial charge in [-0.1, -0.05) is 118 Å². The SMILES string of the molecule is [C-]#[N+]c1ccc(N(c2ccccc2)c2cc3c(c4oc(C(C)(C)C)nc24)-c2c(cc(N(c4ccccc4)c4ccc(C#N)cc4)c4nc(C)oc24)C32c3ccccc3-c3ccccc32)cc1. The highest BCUT2D eigenvalue weighted by molar-refractivity contribution is 6.15. The van der Waals surface area contributed by atoms with Crippen LogP contribution in [0.4, 0.5) is 39.8 Å². The highest BCUT2D eigenvalue weighted by Gasteiger charge is 2.55. The van der Waals surface area contributed by atoms with E-state index in [0.29, 0.717) is 45.2 Å². The smallest absolute Gasteiger partial charge is 0.200 e. The molecule has 0 radical (unpaired) electrons. The molecule has 314 valence electrons. The molecule has 0 aliphatic heterocycles. The zero-order valence-electron chi connectivity index (χ0n) is 36.7. The van der Waals surface area contributed by atoms with Gasteiger partial charge in [-0.3, -0.25) is 0 Å². The first-order chi connectivity index (χ1) is 32.2. The van der Waals surface area contributed by atoms with Crippen LogP contribution >= 0.6 is 0 Å². The summed E-state index contributed by atoms with van der Waals surface area (Å²) in [6.07, 6.45) is 0. The summed E-state index contributed by atoms with van der Waals surface area (Å²) >= 11 is 0. The number of hydrogen-bond donors (Lipinski definition) is 0. The van der Waals surface area contributed by atoms with Crippen molar-refractivity contribution < 1.29 is 8.83 Å². The minimum Gasteiger partial charge on any atom is -0.440 e. The molecule has 10 aromatic rings. The molecule has 0 saturated heterocycles. The highest BCUT2D eigenvalue weighted by Crippen LogP contribution is 2.67. The Balaban J connectivity index is 1.27. The second-order valence-corrected chi connectivity index (χ2v) is 18.0. The number of anilines is 6. The van der Waals surface area contributed by atoms with E-state index in [4.69, 9.17) is 25.4 Å². The van der Waals surface area contributed by atoms with Crippen LogP contribution in [0.5, 0.6) is 0 Å². The van der Waals surface area contributed by atoms with Crippen molar-refractivity contribution in [2.24, 2.45) is 0 Å². The molecule has 2 heterocycles. The molecule has 8 heteroatoms. The average Bonchev–Trinajstić information content (AvgIpc) is 4.12. The van der Waals surface area contributed by atoms with E-state index in [0.717, 1.165) is 78.6 Å². The van der Waals surface area contributed by atoms with Crippen molar-refractivity contribution in [3.8, 4) is 28.3 Å². The fourth-order valence-corrected chi connectivity index (χ4v) is 10.3. The van der Waals surface area contributed by atoms with E-state index < -0.39 is 10.8 Å². The number of oxazole rings is 2. The van der Waals surface area contributed by atoms with Crippen LogP contribution < -0.4 is 9.80 Å². The number of nitrogens with zero attached hydrogens (tertiary/aromatic N) is 6. The number of aryl methyl sites for hydroxylation is 1. The number of rotatable bonds is 6. The summed E-state index contributed by atoms with van der Waals surface area (Å²) in [7, 11) is 0. The molecule has 0 fully saturated rings. The van der Waals surface area contributed by atoms with Crippen molar-refractivity contribution >= 4 is 62.0 Å². The van der Waals surface area contributed by atoms with Gasteiger partial charge < -0.3 is 18.6 Å². The van der Waals surface area contributed by atoms with Gasteiger partial charge in [-0.2, -0.15) is 5.26 Å².